The van der Waals surface area contributed by atoms with E-state index in [4.69, 9.17) is 14.9 Å². The van der Waals surface area contributed by atoms with Crippen LogP contribution in [0.2, 0.25) is 0 Å². The number of nitrogens with one attached hydrogen (secondary N) is 1. The number of anilines is 1. The number of hydrogen-bond acceptors (Lipinski definition) is 6. The minimum absolute atomic E-state index is 0.0241. The maximum atomic E-state index is 10.9. The highest BCUT2D eigenvalue weighted by Crippen LogP contribution is 2.11. The second-order valence-electron chi connectivity index (χ2n) is 3.37. The lowest BCUT2D eigenvalue weighted by Gasteiger charge is -2.17. The van der Waals surface area contributed by atoms with Crippen LogP contribution in [0.5, 0.6) is 0 Å². The first-order chi connectivity index (χ1) is 8.19. The highest BCUT2D eigenvalue weighted by molar-refractivity contribution is 5.90. The molecule has 0 aliphatic carbocycles. The summed E-state index contributed by atoms with van der Waals surface area (Å²) in [5.74, 6) is -0.976. The second kappa shape index (κ2) is 6.77. The van der Waals surface area contributed by atoms with Crippen molar-refractivity contribution in [2.24, 2.45) is 0 Å². The van der Waals surface area contributed by atoms with Gasteiger partial charge in [0.25, 0.3) is 0 Å². The van der Waals surface area contributed by atoms with Gasteiger partial charge < -0.3 is 20.3 Å². The van der Waals surface area contributed by atoms with Crippen LogP contribution in [0.1, 0.15) is 16.9 Å². The molecule has 1 rings (SSSR count). The number of ether oxygens (including phenoxy) is 1. The van der Waals surface area contributed by atoms with Crippen LogP contribution in [-0.2, 0) is 4.74 Å². The van der Waals surface area contributed by atoms with E-state index in [1.54, 1.807) is 0 Å². The Morgan fingerprint density at radius 3 is 2.82 bits per heavy atom. The second-order valence-corrected chi connectivity index (χ2v) is 3.37. The predicted octanol–water partition coefficient (Wildman–Crippen LogP) is -0.0159. The number of nitrogens with zero attached hydrogens (tertiary/aromatic N) is 2. The molecule has 0 aliphatic heterocycles. The Bertz CT molecular complexity index is 366. The van der Waals surface area contributed by atoms with Crippen molar-refractivity contribution in [2.75, 3.05) is 25.6 Å². The molecule has 7 nitrogen and oxygen atoms in total. The van der Waals surface area contributed by atoms with Gasteiger partial charge in [-0.1, -0.05) is 0 Å². The monoisotopic (exact) mass is 241 g/mol. The molecule has 1 atom stereocenters. The average molecular weight is 241 g/mol. The molecule has 1 aromatic rings. The number of methoxy groups -OCH3 is 1. The van der Waals surface area contributed by atoms with Gasteiger partial charge in [-0.3, -0.25) is 0 Å². The fourth-order valence-electron chi connectivity index (χ4n) is 1.35. The van der Waals surface area contributed by atoms with Gasteiger partial charge in [0, 0.05) is 26.1 Å². The molecule has 0 bridgehead atoms. The van der Waals surface area contributed by atoms with E-state index in [0.717, 1.165) is 0 Å². The first kappa shape index (κ1) is 13.3. The molecule has 3 N–H and O–H groups in total. The summed E-state index contributed by atoms with van der Waals surface area (Å²) in [4.78, 5) is 18.5. The quantitative estimate of drug-likeness (QED) is 0.616. The van der Waals surface area contributed by atoms with Crippen molar-refractivity contribution in [2.45, 2.75) is 12.5 Å². The Hall–Kier alpha value is -1.73. The molecule has 0 aromatic carbocycles. The Morgan fingerprint density at radius 2 is 2.24 bits per heavy atom. The molecule has 1 unspecified atom stereocenters. The van der Waals surface area contributed by atoms with E-state index in [1.165, 1.54) is 19.5 Å². The van der Waals surface area contributed by atoms with Crippen molar-refractivity contribution in [3.8, 4) is 0 Å². The molecule has 0 spiro atoms. The zero-order valence-electron chi connectivity index (χ0n) is 9.46. The number of rotatable bonds is 7. The fraction of sp³-hybridized carbons (Fsp3) is 0.500. The molecule has 0 fully saturated rings. The number of carboxylic acids is 1. The average Bonchev–Trinajstić information content (AvgIpc) is 2.30. The number of carbonyl (C=O) groups is 1. The van der Waals surface area contributed by atoms with Crippen molar-refractivity contribution >= 4 is 11.8 Å². The van der Waals surface area contributed by atoms with E-state index >= 15 is 0 Å². The lowest BCUT2D eigenvalue weighted by molar-refractivity contribution is 0.0691. The summed E-state index contributed by atoms with van der Waals surface area (Å²) in [5.41, 5.74) is -0.147. The minimum Gasteiger partial charge on any atom is -0.476 e. The summed E-state index contributed by atoms with van der Waals surface area (Å²) < 4.78 is 4.96. The van der Waals surface area contributed by atoms with Crippen LogP contribution >= 0.6 is 0 Å². The molecular formula is C10H15N3O4. The zero-order valence-corrected chi connectivity index (χ0v) is 9.46. The third-order valence-corrected chi connectivity index (χ3v) is 2.09. The SMILES string of the molecule is COCC(CCO)Nc1nccnc1C(=O)O. The first-order valence-electron chi connectivity index (χ1n) is 5.09. The van der Waals surface area contributed by atoms with Gasteiger partial charge in [-0.05, 0) is 6.42 Å². The molecule has 7 heteroatoms. The summed E-state index contributed by atoms with van der Waals surface area (Å²) in [7, 11) is 1.53. The van der Waals surface area contributed by atoms with Gasteiger partial charge in [0.15, 0.2) is 11.5 Å². The van der Waals surface area contributed by atoms with E-state index in [2.05, 4.69) is 15.3 Å². The fourth-order valence-corrected chi connectivity index (χ4v) is 1.35. The van der Waals surface area contributed by atoms with Crippen molar-refractivity contribution in [3.05, 3.63) is 18.1 Å². The minimum atomic E-state index is -1.15. The molecule has 1 heterocycles. The number of aliphatic hydroxyl groups is 1. The Morgan fingerprint density at radius 1 is 1.53 bits per heavy atom. The zero-order chi connectivity index (χ0) is 12.7. The van der Waals surface area contributed by atoms with Gasteiger partial charge in [-0.2, -0.15) is 0 Å². The third kappa shape index (κ3) is 3.97. The Balaban J connectivity index is 2.80. The smallest absolute Gasteiger partial charge is 0.358 e. The van der Waals surface area contributed by atoms with Crippen LogP contribution in [0.4, 0.5) is 5.82 Å². The van der Waals surface area contributed by atoms with Gasteiger partial charge in [-0.15, -0.1) is 0 Å². The highest BCUT2D eigenvalue weighted by atomic mass is 16.5. The van der Waals surface area contributed by atoms with Crippen LogP contribution in [0.25, 0.3) is 0 Å². The summed E-state index contributed by atoms with van der Waals surface area (Å²) in [6.45, 7) is 0.319. The largest absolute Gasteiger partial charge is 0.476 e. The predicted molar refractivity (Wildman–Crippen MR) is 60.0 cm³/mol. The molecule has 0 aliphatic rings. The topological polar surface area (TPSA) is 105 Å². The van der Waals surface area contributed by atoms with Crippen LogP contribution in [0.15, 0.2) is 12.4 Å². The van der Waals surface area contributed by atoms with Gasteiger partial charge in [0.05, 0.1) is 12.6 Å². The van der Waals surface area contributed by atoms with Crippen LogP contribution in [-0.4, -0.2) is 52.5 Å². The van der Waals surface area contributed by atoms with Gasteiger partial charge in [-0.25, -0.2) is 14.8 Å². The van der Waals surface area contributed by atoms with Crippen molar-refractivity contribution < 1.29 is 19.7 Å². The van der Waals surface area contributed by atoms with Crippen LogP contribution < -0.4 is 5.32 Å². The van der Waals surface area contributed by atoms with E-state index in [0.29, 0.717) is 13.0 Å². The summed E-state index contributed by atoms with van der Waals surface area (Å²) >= 11 is 0. The standard InChI is InChI=1S/C10H15N3O4/c1-17-6-7(2-5-14)13-9-8(10(15)16)11-3-4-12-9/h3-4,7,14H,2,5-6H2,1H3,(H,12,13)(H,15,16). The lowest BCUT2D eigenvalue weighted by Crippen LogP contribution is -2.28. The van der Waals surface area contributed by atoms with Gasteiger partial charge in [0.2, 0.25) is 0 Å². The van der Waals surface area contributed by atoms with E-state index in [1.807, 2.05) is 0 Å². The van der Waals surface area contributed by atoms with Crippen molar-refractivity contribution in [3.63, 3.8) is 0 Å². The number of carboxylic acid groups (broad SMARTS) is 1. The van der Waals surface area contributed by atoms with Gasteiger partial charge in [0.1, 0.15) is 0 Å². The molecular weight excluding hydrogens is 226 g/mol. The summed E-state index contributed by atoms with van der Waals surface area (Å²) in [5, 5.41) is 20.7. The molecule has 0 saturated carbocycles. The number of aliphatic hydroxyl groups excluding tert-OH is 1. The first-order valence-corrected chi connectivity index (χ1v) is 5.09. The molecule has 94 valence electrons. The maximum absolute atomic E-state index is 10.9. The van der Waals surface area contributed by atoms with Crippen molar-refractivity contribution in [1.82, 2.24) is 9.97 Å². The van der Waals surface area contributed by atoms with E-state index in [-0.39, 0.29) is 24.2 Å². The third-order valence-electron chi connectivity index (χ3n) is 2.09. The van der Waals surface area contributed by atoms with Crippen LogP contribution in [0.3, 0.4) is 0 Å². The Kier molecular flexibility index (Phi) is 5.31. The maximum Gasteiger partial charge on any atom is 0.358 e. The molecule has 17 heavy (non-hydrogen) atoms. The van der Waals surface area contributed by atoms with Gasteiger partial charge >= 0.3 is 5.97 Å². The molecule has 1 aromatic heterocycles. The summed E-state index contributed by atoms with van der Waals surface area (Å²) in [6, 6.07) is -0.209. The summed E-state index contributed by atoms with van der Waals surface area (Å²) in [6.07, 6.45) is 3.15. The number of aromatic nitrogens is 2. The number of aromatic carboxylic acids is 1. The lowest BCUT2D eigenvalue weighted by atomic mass is 10.2. The van der Waals surface area contributed by atoms with Crippen LogP contribution in [0, 0.1) is 0 Å². The highest BCUT2D eigenvalue weighted by Gasteiger charge is 2.16. The molecule has 0 radical (unpaired) electrons. The Labute approximate surface area is 98.5 Å². The number of hydrogen-bond donors (Lipinski definition) is 3. The molecule has 0 saturated heterocycles. The normalized spacial score (nSPS) is 12.1. The molecule has 0 amide bonds. The van der Waals surface area contributed by atoms with E-state index in [9.17, 15) is 4.79 Å². The van der Waals surface area contributed by atoms with E-state index < -0.39 is 5.97 Å². The van der Waals surface area contributed by atoms with Crippen molar-refractivity contribution in [1.29, 1.82) is 0 Å².